The van der Waals surface area contributed by atoms with Crippen LogP contribution in [0.15, 0.2) is 70.0 Å². The second-order valence-electron chi connectivity index (χ2n) is 6.20. The first kappa shape index (κ1) is 20.6. The Kier molecular flexibility index (Phi) is 7.62. The van der Waals surface area contributed by atoms with Gasteiger partial charge in [0.15, 0.2) is 0 Å². The topological polar surface area (TPSA) is 84.3 Å². The van der Waals surface area contributed by atoms with Crippen molar-refractivity contribution in [2.45, 2.75) is 31.8 Å². The van der Waals surface area contributed by atoms with Gasteiger partial charge in [0, 0.05) is 43.9 Å². The van der Waals surface area contributed by atoms with Gasteiger partial charge in [-0.15, -0.1) is 0 Å². The quantitative estimate of drug-likeness (QED) is 0.731. The third-order valence-corrected chi connectivity index (χ3v) is 4.21. The van der Waals surface area contributed by atoms with Crippen LogP contribution in [0.25, 0.3) is 6.08 Å². The Morgan fingerprint density at radius 3 is 2.57 bits per heavy atom. The molecule has 2 N–H and O–H groups in total. The summed E-state index contributed by atoms with van der Waals surface area (Å²) in [7, 11) is 0. The van der Waals surface area contributed by atoms with Crippen molar-refractivity contribution in [2.24, 2.45) is 0 Å². The summed E-state index contributed by atoms with van der Waals surface area (Å²) in [6.07, 6.45) is 20.5. The zero-order chi connectivity index (χ0) is 19.9. The molecule has 28 heavy (non-hydrogen) atoms. The van der Waals surface area contributed by atoms with E-state index in [4.69, 9.17) is 6.11 Å². The maximum absolute atomic E-state index is 12.0. The van der Waals surface area contributed by atoms with Gasteiger partial charge in [-0.3, -0.25) is 14.3 Å². The van der Waals surface area contributed by atoms with Gasteiger partial charge < -0.3 is 9.84 Å². The van der Waals surface area contributed by atoms with E-state index in [1.54, 1.807) is 12.2 Å². The third kappa shape index (κ3) is 5.66. The van der Waals surface area contributed by atoms with E-state index in [9.17, 15) is 14.7 Å². The van der Waals surface area contributed by atoms with E-state index in [2.05, 4.69) is 4.98 Å². The van der Waals surface area contributed by atoms with Crippen molar-refractivity contribution in [3.05, 3.63) is 99.6 Å². The minimum Gasteiger partial charge on any atom is -0.390 e. The number of hydrogen-bond acceptors (Lipinski definition) is 4. The second-order valence-corrected chi connectivity index (χ2v) is 6.20. The van der Waals surface area contributed by atoms with Crippen molar-refractivity contribution < 1.29 is 28.3 Å². The zero-order valence-electron chi connectivity index (χ0n) is 16.0. The van der Waals surface area contributed by atoms with Crippen LogP contribution in [0, 0.1) is 12.8 Å². The standard InChI is InChI=1S/C16H17N2O4.C5H5.Fe/c1-10-13(19)8-14(22-10)18-9-12(15(20)17-16(18)21)7-6-11-4-2-3-5-11;1-2-4-5-3-1;/h2-7,9-10,13-14,19H,8H2,1H3,(H,17,20,21);1-5H;/b7-6+;;/t10-,13?,14-;;/m1../s1/i1D;;. The van der Waals surface area contributed by atoms with Gasteiger partial charge >= 0.3 is 5.69 Å². The van der Waals surface area contributed by atoms with E-state index in [1.165, 1.54) is 10.8 Å². The Morgan fingerprint density at radius 2 is 2.00 bits per heavy atom. The molecule has 0 saturated carbocycles. The van der Waals surface area contributed by atoms with Gasteiger partial charge in [0.05, 0.1) is 17.8 Å². The number of aliphatic hydroxyl groups excluding tert-OH is 1. The second kappa shape index (κ2) is 10.4. The summed E-state index contributed by atoms with van der Waals surface area (Å²) >= 11 is 0. The average Bonchev–Trinajstić information content (AvgIpc) is 3.45. The zero-order valence-corrected chi connectivity index (χ0v) is 16.2. The molecule has 0 spiro atoms. The predicted molar refractivity (Wildman–Crippen MR) is 105 cm³/mol. The molecule has 7 heteroatoms. The number of nitrogens with zero attached hydrogens (tertiary/aromatic N) is 1. The number of H-pyrrole nitrogens is 1. The van der Waals surface area contributed by atoms with Crippen molar-refractivity contribution in [3.8, 4) is 0 Å². The summed E-state index contributed by atoms with van der Waals surface area (Å²) in [4.78, 5) is 26.2. The normalized spacial score (nSPS) is 25.4. The Hall–Kier alpha value is -2.18. The maximum atomic E-state index is 12.0. The van der Waals surface area contributed by atoms with Crippen LogP contribution in [0.4, 0.5) is 0 Å². The van der Waals surface area contributed by atoms with E-state index in [1.807, 2.05) is 55.4 Å². The summed E-state index contributed by atoms with van der Waals surface area (Å²) in [5.41, 5.74) is 0.190. The van der Waals surface area contributed by atoms with Crippen molar-refractivity contribution in [1.29, 1.82) is 0 Å². The number of aromatic nitrogens is 2. The molecule has 1 aromatic rings. The molecular formula is C21H22FeN2O4. The summed E-state index contributed by atoms with van der Waals surface area (Å²) in [5, 5.41) is 9.82. The Morgan fingerprint density at radius 1 is 1.21 bits per heavy atom. The molecule has 3 atom stereocenters. The van der Waals surface area contributed by atoms with Gasteiger partial charge in [0.25, 0.3) is 5.56 Å². The van der Waals surface area contributed by atoms with Crippen LogP contribution in [0.3, 0.4) is 0 Å². The summed E-state index contributed by atoms with van der Waals surface area (Å²) in [6.45, 7) is -0.0838. The van der Waals surface area contributed by atoms with Crippen LogP contribution in [0.1, 0.15) is 26.5 Å². The van der Waals surface area contributed by atoms with Crippen LogP contribution >= 0.6 is 0 Å². The van der Waals surface area contributed by atoms with Crippen LogP contribution in [-0.4, -0.2) is 26.9 Å². The smallest absolute Gasteiger partial charge is 0.330 e. The number of ether oxygens (including phenoxy) is 1. The first-order valence-corrected chi connectivity index (χ1v) is 8.63. The van der Waals surface area contributed by atoms with Gasteiger partial charge in [-0.25, -0.2) is 4.79 Å². The first-order valence-electron chi connectivity index (χ1n) is 9.34. The molecule has 2 aliphatic carbocycles. The molecule has 6 nitrogen and oxygen atoms in total. The fraction of sp³-hybridized carbons (Fsp3) is 0.238. The number of allylic oxidation sites excluding steroid dienone is 9. The monoisotopic (exact) mass is 423 g/mol. The summed E-state index contributed by atoms with van der Waals surface area (Å²) in [5.74, 6) is 0. The van der Waals surface area contributed by atoms with Crippen LogP contribution < -0.4 is 11.2 Å². The molecule has 1 aliphatic heterocycles. The SMILES string of the molecule is [2H]C[C@H]1O[C@@H](n2cc(/C=C/C3=C[CH]C=C3)c(=O)[nH]c2=O)CC1O.[CH]1C=CC=C1.[Fe]. The number of nitrogens with one attached hydrogen (secondary N) is 1. The fourth-order valence-electron chi connectivity index (χ4n) is 2.73. The molecule has 1 fully saturated rings. The molecular weight excluding hydrogens is 400 g/mol. The molecule has 0 aromatic carbocycles. The van der Waals surface area contributed by atoms with E-state index in [-0.39, 0.29) is 30.4 Å². The molecule has 2 radical (unpaired) electrons. The van der Waals surface area contributed by atoms with Gasteiger partial charge in [-0.2, -0.15) is 0 Å². The van der Waals surface area contributed by atoms with Gasteiger partial charge in [-0.05, 0) is 18.5 Å². The summed E-state index contributed by atoms with van der Waals surface area (Å²) in [6, 6.07) is 0. The van der Waals surface area contributed by atoms with Crippen LogP contribution in [0.2, 0.25) is 0 Å². The van der Waals surface area contributed by atoms with Crippen molar-refractivity contribution >= 4 is 6.08 Å². The van der Waals surface area contributed by atoms with Crippen molar-refractivity contribution in [1.82, 2.24) is 9.55 Å². The molecule has 2 heterocycles. The number of aliphatic hydroxyl groups is 1. The number of rotatable bonds is 3. The Labute approximate surface area is 175 Å². The molecule has 0 bridgehead atoms. The average molecular weight is 423 g/mol. The van der Waals surface area contributed by atoms with Gasteiger partial charge in [-0.1, -0.05) is 48.6 Å². The minimum absolute atomic E-state index is 0. The minimum atomic E-state index is -0.792. The van der Waals surface area contributed by atoms with Crippen molar-refractivity contribution in [3.63, 3.8) is 0 Å². The third-order valence-electron chi connectivity index (χ3n) is 4.21. The Bertz CT molecular complexity index is 948. The molecule has 0 amide bonds. The van der Waals surface area contributed by atoms with Crippen LogP contribution in [0.5, 0.6) is 0 Å². The molecule has 1 aromatic heterocycles. The maximum Gasteiger partial charge on any atom is 0.330 e. The van der Waals surface area contributed by atoms with E-state index >= 15 is 0 Å². The van der Waals surface area contributed by atoms with E-state index in [0.717, 1.165) is 5.57 Å². The number of hydrogen-bond donors (Lipinski definition) is 2. The van der Waals surface area contributed by atoms with Gasteiger partial charge in [0.1, 0.15) is 6.23 Å². The predicted octanol–water partition coefficient (Wildman–Crippen LogP) is 2.23. The first-order chi connectivity index (χ1) is 13.6. The van der Waals surface area contributed by atoms with E-state index < -0.39 is 29.7 Å². The molecule has 148 valence electrons. The van der Waals surface area contributed by atoms with Crippen molar-refractivity contribution in [2.75, 3.05) is 0 Å². The molecule has 3 aliphatic rings. The fourth-order valence-corrected chi connectivity index (χ4v) is 2.73. The molecule has 1 saturated heterocycles. The molecule has 1 unspecified atom stereocenters. The Balaban J connectivity index is 0.000000437. The van der Waals surface area contributed by atoms with E-state index in [0.29, 0.717) is 5.56 Å². The van der Waals surface area contributed by atoms with Gasteiger partial charge in [0.2, 0.25) is 0 Å². The molecule has 4 rings (SSSR count). The van der Waals surface area contributed by atoms with Crippen LogP contribution in [-0.2, 0) is 21.8 Å². The summed E-state index contributed by atoms with van der Waals surface area (Å²) < 4.78 is 14.1. The largest absolute Gasteiger partial charge is 0.390 e. The number of aromatic amines is 1.